The topological polar surface area (TPSA) is 38.3 Å². The quantitative estimate of drug-likeness (QED) is 0.559. The third-order valence-electron chi connectivity index (χ3n) is 3.77. The zero-order chi connectivity index (χ0) is 13.4. The lowest BCUT2D eigenvalue weighted by atomic mass is 9.82. The molecule has 0 aliphatic heterocycles. The fraction of sp³-hybridized carbons (Fsp3) is 0.800. The summed E-state index contributed by atoms with van der Waals surface area (Å²) in [6.07, 6.45) is 7.56. The highest BCUT2D eigenvalue weighted by molar-refractivity contribution is 5.86. The van der Waals surface area contributed by atoms with Crippen molar-refractivity contribution in [3.05, 3.63) is 12.7 Å². The van der Waals surface area contributed by atoms with Crippen molar-refractivity contribution in [2.45, 2.75) is 52.1 Å². The number of carbonyl (C=O) groups is 1. The minimum Gasteiger partial charge on any atom is -0.378 e. The fourth-order valence-corrected chi connectivity index (χ4v) is 2.46. The van der Waals surface area contributed by atoms with Crippen molar-refractivity contribution in [3.8, 4) is 0 Å². The average molecular weight is 253 g/mol. The summed E-state index contributed by atoms with van der Waals surface area (Å²) in [7, 11) is 0. The van der Waals surface area contributed by atoms with E-state index in [0.29, 0.717) is 18.6 Å². The second kappa shape index (κ2) is 8.30. The molecule has 1 N–H and O–H groups in total. The number of amides is 1. The predicted molar refractivity (Wildman–Crippen MR) is 74.4 cm³/mol. The number of ether oxygens (including phenoxy) is 1. The van der Waals surface area contributed by atoms with Gasteiger partial charge in [-0.1, -0.05) is 26.8 Å². The molecule has 1 saturated carbocycles. The molecule has 1 amide bonds. The molecule has 0 aromatic carbocycles. The van der Waals surface area contributed by atoms with Gasteiger partial charge in [0.1, 0.15) is 0 Å². The standard InChI is InChI=1S/C15H27NO2/c1-4-15(17)16-9-5-6-10-18-14-11-12(2)7-8-13(14)3/h4,12-14H,1,5-11H2,2-3H3,(H,16,17). The van der Waals surface area contributed by atoms with E-state index in [1.807, 2.05) is 0 Å². The van der Waals surface area contributed by atoms with E-state index in [2.05, 4.69) is 25.7 Å². The van der Waals surface area contributed by atoms with E-state index in [1.165, 1.54) is 25.3 Å². The molecule has 3 heteroatoms. The Labute approximate surface area is 111 Å². The fourth-order valence-electron chi connectivity index (χ4n) is 2.46. The molecule has 1 aliphatic rings. The van der Waals surface area contributed by atoms with Crippen molar-refractivity contribution >= 4 is 5.91 Å². The molecular weight excluding hydrogens is 226 g/mol. The van der Waals surface area contributed by atoms with Crippen molar-refractivity contribution in [1.82, 2.24) is 5.32 Å². The van der Waals surface area contributed by atoms with Gasteiger partial charge in [-0.15, -0.1) is 0 Å². The van der Waals surface area contributed by atoms with Crippen LogP contribution in [0, 0.1) is 11.8 Å². The first-order chi connectivity index (χ1) is 8.63. The highest BCUT2D eigenvalue weighted by Crippen LogP contribution is 2.30. The van der Waals surface area contributed by atoms with Gasteiger partial charge in [0.2, 0.25) is 5.91 Å². The van der Waals surface area contributed by atoms with E-state index < -0.39 is 0 Å². The minimum absolute atomic E-state index is 0.0920. The largest absolute Gasteiger partial charge is 0.378 e. The molecule has 18 heavy (non-hydrogen) atoms. The van der Waals surface area contributed by atoms with Gasteiger partial charge in [-0.2, -0.15) is 0 Å². The van der Waals surface area contributed by atoms with E-state index >= 15 is 0 Å². The summed E-state index contributed by atoms with van der Waals surface area (Å²) in [5.41, 5.74) is 0. The van der Waals surface area contributed by atoms with Crippen LogP contribution >= 0.6 is 0 Å². The molecule has 3 atom stereocenters. The summed E-state index contributed by atoms with van der Waals surface area (Å²) >= 11 is 0. The Morgan fingerprint density at radius 2 is 2.17 bits per heavy atom. The van der Waals surface area contributed by atoms with Gasteiger partial charge in [-0.25, -0.2) is 0 Å². The Bertz CT molecular complexity index is 265. The van der Waals surface area contributed by atoms with Crippen LogP contribution in [0.1, 0.15) is 46.0 Å². The first-order valence-corrected chi connectivity index (χ1v) is 7.15. The van der Waals surface area contributed by atoms with Crippen molar-refractivity contribution in [3.63, 3.8) is 0 Å². The summed E-state index contributed by atoms with van der Waals surface area (Å²) in [4.78, 5) is 10.9. The maximum absolute atomic E-state index is 10.9. The van der Waals surface area contributed by atoms with Crippen LogP contribution in [0.3, 0.4) is 0 Å². The number of nitrogens with one attached hydrogen (secondary N) is 1. The van der Waals surface area contributed by atoms with E-state index in [4.69, 9.17) is 4.74 Å². The van der Waals surface area contributed by atoms with E-state index in [0.717, 1.165) is 25.4 Å². The zero-order valence-corrected chi connectivity index (χ0v) is 11.8. The molecule has 1 aliphatic carbocycles. The number of rotatable bonds is 7. The summed E-state index contributed by atoms with van der Waals surface area (Å²) < 4.78 is 5.97. The summed E-state index contributed by atoms with van der Waals surface area (Å²) in [6.45, 7) is 9.54. The molecule has 0 radical (unpaired) electrons. The van der Waals surface area contributed by atoms with Gasteiger partial charge in [-0.05, 0) is 43.6 Å². The Balaban J connectivity index is 2.03. The molecule has 0 aromatic rings. The molecule has 0 heterocycles. The summed E-state index contributed by atoms with van der Waals surface area (Å²) in [5.74, 6) is 1.41. The second-order valence-corrected chi connectivity index (χ2v) is 5.51. The van der Waals surface area contributed by atoms with E-state index in [9.17, 15) is 4.79 Å². The number of hydrogen-bond acceptors (Lipinski definition) is 2. The zero-order valence-electron chi connectivity index (χ0n) is 11.8. The van der Waals surface area contributed by atoms with Crippen LogP contribution < -0.4 is 5.32 Å². The van der Waals surface area contributed by atoms with Crippen LogP contribution in [-0.2, 0) is 9.53 Å². The lowest BCUT2D eigenvalue weighted by Gasteiger charge is -2.32. The Morgan fingerprint density at radius 1 is 1.39 bits per heavy atom. The van der Waals surface area contributed by atoms with Gasteiger partial charge in [0.05, 0.1) is 6.10 Å². The third-order valence-corrected chi connectivity index (χ3v) is 3.77. The summed E-state index contributed by atoms with van der Waals surface area (Å²) in [6, 6.07) is 0. The molecule has 0 saturated heterocycles. The van der Waals surface area contributed by atoms with Crippen LogP contribution in [0.15, 0.2) is 12.7 Å². The highest BCUT2D eigenvalue weighted by Gasteiger charge is 2.25. The normalized spacial score (nSPS) is 27.8. The van der Waals surface area contributed by atoms with Gasteiger partial charge in [0.15, 0.2) is 0 Å². The molecule has 0 spiro atoms. The SMILES string of the molecule is C=CC(=O)NCCCCOC1CC(C)CCC1C. The molecule has 1 rings (SSSR count). The predicted octanol–water partition coefficient (Wildman–Crippen LogP) is 2.91. The monoisotopic (exact) mass is 253 g/mol. The molecule has 1 fully saturated rings. The number of unbranched alkanes of at least 4 members (excludes halogenated alkanes) is 1. The highest BCUT2D eigenvalue weighted by atomic mass is 16.5. The molecule has 104 valence electrons. The van der Waals surface area contributed by atoms with Crippen molar-refractivity contribution in [2.24, 2.45) is 11.8 Å². The Hall–Kier alpha value is -0.830. The first kappa shape index (κ1) is 15.2. The molecule has 0 aromatic heterocycles. The molecular formula is C15H27NO2. The van der Waals surface area contributed by atoms with Crippen molar-refractivity contribution < 1.29 is 9.53 Å². The smallest absolute Gasteiger partial charge is 0.243 e. The van der Waals surface area contributed by atoms with Gasteiger partial charge < -0.3 is 10.1 Å². The van der Waals surface area contributed by atoms with Crippen molar-refractivity contribution in [1.29, 1.82) is 0 Å². The first-order valence-electron chi connectivity index (χ1n) is 7.15. The third kappa shape index (κ3) is 5.67. The van der Waals surface area contributed by atoms with E-state index in [1.54, 1.807) is 0 Å². The van der Waals surface area contributed by atoms with Crippen LogP contribution in [0.25, 0.3) is 0 Å². The van der Waals surface area contributed by atoms with Crippen molar-refractivity contribution in [2.75, 3.05) is 13.2 Å². The Kier molecular flexibility index (Phi) is 7.02. The van der Waals surface area contributed by atoms with Crippen LogP contribution in [-0.4, -0.2) is 25.2 Å². The maximum Gasteiger partial charge on any atom is 0.243 e. The van der Waals surface area contributed by atoms with E-state index in [-0.39, 0.29) is 5.91 Å². The van der Waals surface area contributed by atoms with Crippen LogP contribution in [0.5, 0.6) is 0 Å². The van der Waals surface area contributed by atoms with Gasteiger partial charge in [0, 0.05) is 13.2 Å². The number of carbonyl (C=O) groups excluding carboxylic acids is 1. The van der Waals surface area contributed by atoms with Gasteiger partial charge >= 0.3 is 0 Å². The molecule has 3 unspecified atom stereocenters. The molecule has 0 bridgehead atoms. The van der Waals surface area contributed by atoms with Gasteiger partial charge in [-0.3, -0.25) is 4.79 Å². The average Bonchev–Trinajstić information content (AvgIpc) is 2.37. The lowest BCUT2D eigenvalue weighted by molar-refractivity contribution is -0.116. The minimum atomic E-state index is -0.0920. The Morgan fingerprint density at radius 3 is 2.89 bits per heavy atom. The molecule has 3 nitrogen and oxygen atoms in total. The lowest BCUT2D eigenvalue weighted by Crippen LogP contribution is -2.29. The number of hydrogen-bond donors (Lipinski definition) is 1. The maximum atomic E-state index is 10.9. The second-order valence-electron chi connectivity index (χ2n) is 5.51. The summed E-state index contributed by atoms with van der Waals surface area (Å²) in [5, 5.41) is 2.77. The van der Waals surface area contributed by atoms with Gasteiger partial charge in [0.25, 0.3) is 0 Å². The van der Waals surface area contributed by atoms with Crippen LogP contribution in [0.4, 0.5) is 0 Å². The van der Waals surface area contributed by atoms with Crippen LogP contribution in [0.2, 0.25) is 0 Å².